The molecule has 4 heterocycles. The summed E-state index contributed by atoms with van der Waals surface area (Å²) in [6, 6.07) is 3.74. The summed E-state index contributed by atoms with van der Waals surface area (Å²) in [7, 11) is 1.60. The van der Waals surface area contributed by atoms with E-state index >= 15 is 0 Å². The Hall–Kier alpha value is -3.00. The van der Waals surface area contributed by atoms with Gasteiger partial charge in [-0.05, 0) is 19.1 Å². The van der Waals surface area contributed by atoms with E-state index in [1.807, 2.05) is 25.3 Å². The number of benzene rings is 1. The molecule has 27 heavy (non-hydrogen) atoms. The summed E-state index contributed by atoms with van der Waals surface area (Å²) in [5, 5.41) is 7.20. The lowest BCUT2D eigenvalue weighted by Crippen LogP contribution is -2.30. The third-order valence-electron chi connectivity index (χ3n) is 5.05. The van der Waals surface area contributed by atoms with Gasteiger partial charge in [0.1, 0.15) is 5.76 Å². The molecular formula is C19H20N4O4. The molecule has 0 aliphatic carbocycles. The van der Waals surface area contributed by atoms with Crippen molar-refractivity contribution in [2.45, 2.75) is 26.4 Å². The topological polar surface area (TPSA) is 85.6 Å². The summed E-state index contributed by atoms with van der Waals surface area (Å²) in [6.07, 6.45) is 2.87. The van der Waals surface area contributed by atoms with Crippen LogP contribution in [0.1, 0.15) is 22.7 Å². The van der Waals surface area contributed by atoms with Crippen molar-refractivity contribution in [1.29, 1.82) is 0 Å². The van der Waals surface area contributed by atoms with E-state index in [1.165, 1.54) is 11.3 Å². The minimum atomic E-state index is 0.190. The van der Waals surface area contributed by atoms with E-state index in [0.717, 1.165) is 43.1 Å². The predicted molar refractivity (Wildman–Crippen MR) is 95.8 cm³/mol. The van der Waals surface area contributed by atoms with E-state index in [-0.39, 0.29) is 6.79 Å². The molecule has 1 aromatic carbocycles. The summed E-state index contributed by atoms with van der Waals surface area (Å²) < 4.78 is 22.3. The fraction of sp³-hybridized carbons (Fsp3) is 0.368. The Morgan fingerprint density at radius 1 is 1.30 bits per heavy atom. The minimum Gasteiger partial charge on any atom is -0.493 e. The van der Waals surface area contributed by atoms with Crippen molar-refractivity contribution in [3.63, 3.8) is 0 Å². The molecule has 0 radical (unpaired) electrons. The second-order valence-electron chi connectivity index (χ2n) is 6.77. The zero-order valence-corrected chi connectivity index (χ0v) is 15.2. The van der Waals surface area contributed by atoms with Crippen LogP contribution in [0.5, 0.6) is 17.2 Å². The number of aryl methyl sites for hydroxylation is 1. The highest BCUT2D eigenvalue weighted by Gasteiger charge is 2.24. The van der Waals surface area contributed by atoms with Gasteiger partial charge in [-0.15, -0.1) is 0 Å². The molecule has 5 rings (SSSR count). The standard InChI is InChI=1S/C19H20N4O4/c1-11-15(9-23-4-3-14-13(8-23)7-20-22-14)21-19(27-11)12-5-16(24-2)18-17(6-12)25-10-26-18/h5-7H,3-4,8-10H2,1-2H3,(H,20,22). The number of methoxy groups -OCH3 is 1. The van der Waals surface area contributed by atoms with Gasteiger partial charge in [0.2, 0.25) is 18.4 Å². The maximum atomic E-state index is 5.95. The number of hydrogen-bond acceptors (Lipinski definition) is 7. The summed E-state index contributed by atoms with van der Waals surface area (Å²) in [5.41, 5.74) is 4.23. The molecule has 0 amide bonds. The molecular weight excluding hydrogens is 348 g/mol. The lowest BCUT2D eigenvalue weighted by Gasteiger charge is -2.25. The van der Waals surface area contributed by atoms with Crippen LogP contribution in [-0.2, 0) is 19.5 Å². The summed E-state index contributed by atoms with van der Waals surface area (Å²) in [5.74, 6) is 3.25. The number of aromatic amines is 1. The number of nitrogens with zero attached hydrogens (tertiary/aromatic N) is 3. The van der Waals surface area contributed by atoms with Gasteiger partial charge in [-0.3, -0.25) is 10.00 Å². The van der Waals surface area contributed by atoms with Crippen LogP contribution in [0.3, 0.4) is 0 Å². The maximum absolute atomic E-state index is 5.95. The number of H-pyrrole nitrogens is 1. The highest BCUT2D eigenvalue weighted by Crippen LogP contribution is 2.44. The minimum absolute atomic E-state index is 0.190. The first-order chi connectivity index (χ1) is 13.2. The molecule has 0 bridgehead atoms. The van der Waals surface area contributed by atoms with Gasteiger partial charge in [-0.2, -0.15) is 5.10 Å². The van der Waals surface area contributed by atoms with Gasteiger partial charge in [0.25, 0.3) is 0 Å². The Balaban J connectivity index is 1.40. The van der Waals surface area contributed by atoms with Crippen LogP contribution < -0.4 is 14.2 Å². The van der Waals surface area contributed by atoms with E-state index in [1.54, 1.807) is 7.11 Å². The zero-order valence-electron chi connectivity index (χ0n) is 15.2. The normalized spacial score (nSPS) is 15.8. The molecule has 0 saturated carbocycles. The lowest BCUT2D eigenvalue weighted by atomic mass is 10.1. The predicted octanol–water partition coefficient (Wildman–Crippen LogP) is 2.67. The van der Waals surface area contributed by atoms with E-state index < -0.39 is 0 Å². The molecule has 2 aliphatic rings. The molecule has 8 nitrogen and oxygen atoms in total. The van der Waals surface area contributed by atoms with Gasteiger partial charge in [0.15, 0.2) is 11.5 Å². The number of fused-ring (bicyclic) bond motifs is 2. The molecule has 140 valence electrons. The first-order valence-electron chi connectivity index (χ1n) is 8.89. The fourth-order valence-corrected chi connectivity index (χ4v) is 3.58. The number of hydrogen-bond donors (Lipinski definition) is 1. The van der Waals surface area contributed by atoms with Crippen molar-refractivity contribution in [1.82, 2.24) is 20.1 Å². The molecule has 8 heteroatoms. The SMILES string of the molecule is COc1cc(-c2nc(CN3CCc4[nH]ncc4C3)c(C)o2)cc2c1OCO2. The molecule has 0 saturated heterocycles. The van der Waals surface area contributed by atoms with Crippen LogP contribution in [-0.4, -0.2) is 40.5 Å². The van der Waals surface area contributed by atoms with Crippen LogP contribution in [0.4, 0.5) is 0 Å². The van der Waals surface area contributed by atoms with Gasteiger partial charge >= 0.3 is 0 Å². The van der Waals surface area contributed by atoms with Crippen molar-refractivity contribution in [3.05, 3.63) is 41.0 Å². The number of aromatic nitrogens is 3. The van der Waals surface area contributed by atoms with Crippen LogP contribution in [0.2, 0.25) is 0 Å². The maximum Gasteiger partial charge on any atom is 0.231 e. The quantitative estimate of drug-likeness (QED) is 0.758. The van der Waals surface area contributed by atoms with Gasteiger partial charge < -0.3 is 18.6 Å². The number of ether oxygens (including phenoxy) is 3. The van der Waals surface area contributed by atoms with Gasteiger partial charge in [0, 0.05) is 42.9 Å². The van der Waals surface area contributed by atoms with Crippen molar-refractivity contribution in [3.8, 4) is 28.7 Å². The van der Waals surface area contributed by atoms with Crippen LogP contribution in [0.15, 0.2) is 22.7 Å². The van der Waals surface area contributed by atoms with Crippen molar-refractivity contribution in [2.75, 3.05) is 20.4 Å². The Morgan fingerprint density at radius 2 is 2.22 bits per heavy atom. The van der Waals surface area contributed by atoms with Gasteiger partial charge in [-0.25, -0.2) is 4.98 Å². The number of rotatable bonds is 4. The van der Waals surface area contributed by atoms with Crippen molar-refractivity contribution < 1.29 is 18.6 Å². The fourth-order valence-electron chi connectivity index (χ4n) is 3.58. The molecule has 2 aliphatic heterocycles. The Morgan fingerprint density at radius 3 is 3.11 bits per heavy atom. The largest absolute Gasteiger partial charge is 0.493 e. The molecule has 0 spiro atoms. The molecule has 3 aromatic rings. The average Bonchev–Trinajstić information content (AvgIpc) is 3.40. The van der Waals surface area contributed by atoms with Gasteiger partial charge in [-0.1, -0.05) is 0 Å². The molecule has 1 N–H and O–H groups in total. The first-order valence-corrected chi connectivity index (χ1v) is 8.89. The van der Waals surface area contributed by atoms with Crippen LogP contribution in [0, 0.1) is 6.92 Å². The lowest BCUT2D eigenvalue weighted by molar-refractivity contribution is 0.171. The highest BCUT2D eigenvalue weighted by atomic mass is 16.7. The highest BCUT2D eigenvalue weighted by molar-refractivity contribution is 5.66. The summed E-state index contributed by atoms with van der Waals surface area (Å²) in [6.45, 7) is 4.71. The number of nitrogens with one attached hydrogen (secondary N) is 1. The van der Waals surface area contributed by atoms with E-state index in [9.17, 15) is 0 Å². The molecule has 0 fully saturated rings. The van der Waals surface area contributed by atoms with Gasteiger partial charge in [0.05, 0.1) is 19.0 Å². The van der Waals surface area contributed by atoms with Crippen molar-refractivity contribution in [2.24, 2.45) is 0 Å². The first kappa shape index (κ1) is 16.2. The van der Waals surface area contributed by atoms with Crippen molar-refractivity contribution >= 4 is 0 Å². The molecule has 2 aromatic heterocycles. The molecule has 0 atom stereocenters. The summed E-state index contributed by atoms with van der Waals surface area (Å²) >= 11 is 0. The Labute approximate surface area is 156 Å². The average molecular weight is 368 g/mol. The zero-order chi connectivity index (χ0) is 18.4. The third-order valence-corrected chi connectivity index (χ3v) is 5.05. The molecule has 0 unspecified atom stereocenters. The monoisotopic (exact) mass is 368 g/mol. The smallest absolute Gasteiger partial charge is 0.231 e. The Bertz CT molecular complexity index is 994. The second kappa shape index (κ2) is 6.31. The Kier molecular flexibility index (Phi) is 3.78. The van der Waals surface area contributed by atoms with Crippen LogP contribution >= 0.6 is 0 Å². The number of oxazole rings is 1. The second-order valence-corrected chi connectivity index (χ2v) is 6.77. The van der Waals surface area contributed by atoms with E-state index in [2.05, 4.69) is 15.1 Å². The van der Waals surface area contributed by atoms with E-state index in [0.29, 0.717) is 23.1 Å². The summed E-state index contributed by atoms with van der Waals surface area (Å²) in [4.78, 5) is 7.09. The van der Waals surface area contributed by atoms with E-state index in [4.69, 9.17) is 23.6 Å². The van der Waals surface area contributed by atoms with Crippen LogP contribution in [0.25, 0.3) is 11.5 Å². The third kappa shape index (κ3) is 2.82.